The van der Waals surface area contributed by atoms with Gasteiger partial charge in [-0.3, -0.25) is 4.90 Å². The van der Waals surface area contributed by atoms with E-state index in [1.165, 1.54) is 45.4 Å². The Morgan fingerprint density at radius 3 is 2.68 bits per heavy atom. The molecule has 1 aromatic carbocycles. The molecule has 22 heavy (non-hydrogen) atoms. The molecule has 4 heteroatoms. The fourth-order valence-corrected chi connectivity index (χ4v) is 3.57. The second-order valence-electron chi connectivity index (χ2n) is 6.36. The van der Waals surface area contributed by atoms with Crippen LogP contribution in [0.15, 0.2) is 24.3 Å². The van der Waals surface area contributed by atoms with E-state index in [1.54, 1.807) is 7.11 Å². The molecular weight excluding hydrogens is 276 g/mol. The minimum Gasteiger partial charge on any atom is -0.497 e. The van der Waals surface area contributed by atoms with Crippen LogP contribution in [-0.2, 0) is 0 Å². The van der Waals surface area contributed by atoms with Gasteiger partial charge in [0.15, 0.2) is 0 Å². The van der Waals surface area contributed by atoms with Crippen LogP contribution in [-0.4, -0.2) is 62.3 Å². The standard InChI is InChI=1S/C18H28N2O2/c1-21-17-6-8-18(9-7-17)22-14-4-10-19-12-13-20-11-3-2-5-16(20)15-19/h6-9,16H,2-5,10-15H2,1H3. The van der Waals surface area contributed by atoms with Gasteiger partial charge in [-0.05, 0) is 50.1 Å². The summed E-state index contributed by atoms with van der Waals surface area (Å²) in [7, 11) is 1.68. The molecule has 2 aliphatic rings. The van der Waals surface area contributed by atoms with Gasteiger partial charge in [0.2, 0.25) is 0 Å². The summed E-state index contributed by atoms with van der Waals surface area (Å²) in [6.07, 6.45) is 5.29. The molecular formula is C18H28N2O2. The second kappa shape index (κ2) is 7.84. The fourth-order valence-electron chi connectivity index (χ4n) is 3.57. The Morgan fingerprint density at radius 1 is 1.05 bits per heavy atom. The van der Waals surface area contributed by atoms with Crippen LogP contribution in [0.4, 0.5) is 0 Å². The van der Waals surface area contributed by atoms with Gasteiger partial charge < -0.3 is 14.4 Å². The van der Waals surface area contributed by atoms with E-state index >= 15 is 0 Å². The van der Waals surface area contributed by atoms with Crippen molar-refractivity contribution in [3.05, 3.63) is 24.3 Å². The van der Waals surface area contributed by atoms with Crippen molar-refractivity contribution < 1.29 is 9.47 Å². The Labute approximate surface area is 134 Å². The molecule has 2 aliphatic heterocycles. The summed E-state index contributed by atoms with van der Waals surface area (Å²) in [4.78, 5) is 5.30. The first-order valence-electron chi connectivity index (χ1n) is 8.58. The van der Waals surface area contributed by atoms with Gasteiger partial charge in [-0.15, -0.1) is 0 Å². The van der Waals surface area contributed by atoms with E-state index in [2.05, 4.69) is 9.80 Å². The van der Waals surface area contributed by atoms with E-state index in [0.717, 1.165) is 37.1 Å². The van der Waals surface area contributed by atoms with Gasteiger partial charge in [0.25, 0.3) is 0 Å². The largest absolute Gasteiger partial charge is 0.497 e. The van der Waals surface area contributed by atoms with Crippen LogP contribution >= 0.6 is 0 Å². The van der Waals surface area contributed by atoms with Crippen molar-refractivity contribution in [2.45, 2.75) is 31.7 Å². The molecule has 1 unspecified atom stereocenters. The number of methoxy groups -OCH3 is 1. The zero-order valence-corrected chi connectivity index (χ0v) is 13.7. The Kier molecular flexibility index (Phi) is 5.57. The summed E-state index contributed by atoms with van der Waals surface area (Å²) in [6.45, 7) is 6.99. The highest BCUT2D eigenvalue weighted by atomic mass is 16.5. The molecule has 0 aromatic heterocycles. The number of hydrogen-bond donors (Lipinski definition) is 0. The second-order valence-corrected chi connectivity index (χ2v) is 6.36. The molecule has 3 rings (SSSR count). The molecule has 0 spiro atoms. The van der Waals surface area contributed by atoms with Crippen LogP contribution in [0.2, 0.25) is 0 Å². The summed E-state index contributed by atoms with van der Waals surface area (Å²) in [5, 5.41) is 0. The molecule has 0 saturated carbocycles. The third-order valence-corrected chi connectivity index (χ3v) is 4.87. The Balaban J connectivity index is 1.34. The molecule has 2 fully saturated rings. The number of nitrogens with zero attached hydrogens (tertiary/aromatic N) is 2. The van der Waals surface area contributed by atoms with E-state index in [-0.39, 0.29) is 0 Å². The van der Waals surface area contributed by atoms with Crippen molar-refractivity contribution in [1.82, 2.24) is 9.80 Å². The lowest BCUT2D eigenvalue weighted by molar-refractivity contribution is 0.0471. The summed E-state index contributed by atoms with van der Waals surface area (Å²) < 4.78 is 11.0. The van der Waals surface area contributed by atoms with Crippen molar-refractivity contribution in [2.24, 2.45) is 0 Å². The van der Waals surface area contributed by atoms with Crippen molar-refractivity contribution in [3.8, 4) is 11.5 Å². The molecule has 0 bridgehead atoms. The Morgan fingerprint density at radius 2 is 1.86 bits per heavy atom. The minimum atomic E-state index is 0.789. The average Bonchev–Trinajstić information content (AvgIpc) is 2.59. The van der Waals surface area contributed by atoms with Crippen LogP contribution in [0.25, 0.3) is 0 Å². The quantitative estimate of drug-likeness (QED) is 0.754. The van der Waals surface area contributed by atoms with Crippen LogP contribution in [0.3, 0.4) is 0 Å². The predicted molar refractivity (Wildman–Crippen MR) is 88.8 cm³/mol. The third kappa shape index (κ3) is 4.14. The minimum absolute atomic E-state index is 0.789. The molecule has 0 aliphatic carbocycles. The molecule has 2 heterocycles. The summed E-state index contributed by atoms with van der Waals surface area (Å²) in [5.41, 5.74) is 0. The number of ether oxygens (including phenoxy) is 2. The van der Waals surface area contributed by atoms with E-state index < -0.39 is 0 Å². The Hall–Kier alpha value is -1.26. The number of rotatable bonds is 6. The number of piperidine rings is 1. The number of fused-ring (bicyclic) bond motifs is 1. The zero-order chi connectivity index (χ0) is 15.2. The van der Waals surface area contributed by atoms with E-state index in [0.29, 0.717) is 0 Å². The van der Waals surface area contributed by atoms with Gasteiger partial charge in [-0.1, -0.05) is 6.42 Å². The molecule has 4 nitrogen and oxygen atoms in total. The van der Waals surface area contributed by atoms with Crippen molar-refractivity contribution >= 4 is 0 Å². The van der Waals surface area contributed by atoms with Gasteiger partial charge in [0.1, 0.15) is 11.5 Å². The first kappa shape index (κ1) is 15.6. The highest BCUT2D eigenvalue weighted by Gasteiger charge is 2.28. The van der Waals surface area contributed by atoms with Crippen LogP contribution in [0.1, 0.15) is 25.7 Å². The van der Waals surface area contributed by atoms with Gasteiger partial charge in [-0.2, -0.15) is 0 Å². The SMILES string of the molecule is COc1ccc(OCCCN2CCN3CCCCC3C2)cc1. The molecule has 0 radical (unpaired) electrons. The zero-order valence-electron chi connectivity index (χ0n) is 13.7. The van der Waals surface area contributed by atoms with Gasteiger partial charge in [-0.25, -0.2) is 0 Å². The number of benzene rings is 1. The van der Waals surface area contributed by atoms with E-state index in [4.69, 9.17) is 9.47 Å². The first-order valence-corrected chi connectivity index (χ1v) is 8.58. The maximum Gasteiger partial charge on any atom is 0.119 e. The Bertz CT molecular complexity index is 449. The van der Waals surface area contributed by atoms with Gasteiger partial charge >= 0.3 is 0 Å². The topological polar surface area (TPSA) is 24.9 Å². The van der Waals surface area contributed by atoms with Crippen LogP contribution in [0.5, 0.6) is 11.5 Å². The molecule has 1 aromatic rings. The van der Waals surface area contributed by atoms with Gasteiger partial charge in [0.05, 0.1) is 13.7 Å². The van der Waals surface area contributed by atoms with Crippen molar-refractivity contribution in [2.75, 3.05) is 46.4 Å². The highest BCUT2D eigenvalue weighted by Crippen LogP contribution is 2.21. The normalized spacial score (nSPS) is 23.0. The lowest BCUT2D eigenvalue weighted by atomic mass is 9.99. The number of piperazine rings is 1. The molecule has 1 atom stereocenters. The predicted octanol–water partition coefficient (Wildman–Crippen LogP) is 2.63. The molecule has 0 amide bonds. The smallest absolute Gasteiger partial charge is 0.119 e. The molecule has 0 N–H and O–H groups in total. The lowest BCUT2D eigenvalue weighted by Crippen LogP contribution is -2.54. The average molecular weight is 304 g/mol. The number of hydrogen-bond acceptors (Lipinski definition) is 4. The van der Waals surface area contributed by atoms with Crippen LogP contribution < -0.4 is 9.47 Å². The highest BCUT2D eigenvalue weighted by molar-refractivity contribution is 5.31. The lowest BCUT2D eigenvalue weighted by Gasteiger charge is -2.44. The molecule has 122 valence electrons. The maximum atomic E-state index is 5.81. The monoisotopic (exact) mass is 304 g/mol. The van der Waals surface area contributed by atoms with Crippen molar-refractivity contribution in [1.29, 1.82) is 0 Å². The summed E-state index contributed by atoms with van der Waals surface area (Å²) in [6, 6.07) is 8.64. The fraction of sp³-hybridized carbons (Fsp3) is 0.667. The summed E-state index contributed by atoms with van der Waals surface area (Å²) >= 11 is 0. The third-order valence-electron chi connectivity index (χ3n) is 4.87. The maximum absolute atomic E-state index is 5.81. The molecule has 2 saturated heterocycles. The van der Waals surface area contributed by atoms with E-state index in [1.807, 2.05) is 24.3 Å². The van der Waals surface area contributed by atoms with Crippen molar-refractivity contribution in [3.63, 3.8) is 0 Å². The van der Waals surface area contributed by atoms with E-state index in [9.17, 15) is 0 Å². The first-order chi connectivity index (χ1) is 10.8. The van der Waals surface area contributed by atoms with Gasteiger partial charge in [0, 0.05) is 32.2 Å². The summed E-state index contributed by atoms with van der Waals surface area (Å²) in [5.74, 6) is 1.80. The van der Waals surface area contributed by atoms with Crippen LogP contribution in [0, 0.1) is 0 Å².